The Hall–Kier alpha value is -2.28. The molecule has 25 heavy (non-hydrogen) atoms. The van der Waals surface area contributed by atoms with Gasteiger partial charge in [-0.2, -0.15) is 13.2 Å². The normalized spacial score (nSPS) is 15.9. The maximum Gasteiger partial charge on any atom is 0.417 e. The summed E-state index contributed by atoms with van der Waals surface area (Å²) in [4.78, 5) is 13.8. The number of benzene rings is 1. The Balaban J connectivity index is 1.85. The number of amides is 1. The van der Waals surface area contributed by atoms with Gasteiger partial charge in [0.1, 0.15) is 11.5 Å². The number of nitrogens with zero attached hydrogens (tertiary/aromatic N) is 1. The SMILES string of the molecule is C[C@H](N)C(=O)N(Cc1ccc(-c2ccccc2C(F)(F)F)o1)C1CC1. The van der Waals surface area contributed by atoms with Gasteiger partial charge in [0.05, 0.1) is 18.2 Å². The predicted molar refractivity (Wildman–Crippen MR) is 86.4 cm³/mol. The summed E-state index contributed by atoms with van der Waals surface area (Å²) in [5.41, 5.74) is 4.91. The van der Waals surface area contributed by atoms with E-state index in [1.54, 1.807) is 17.9 Å². The molecule has 1 atom stereocenters. The van der Waals surface area contributed by atoms with Crippen LogP contribution in [0.3, 0.4) is 0 Å². The molecule has 1 aliphatic carbocycles. The Kier molecular flexibility index (Phi) is 4.60. The zero-order valence-corrected chi connectivity index (χ0v) is 13.7. The van der Waals surface area contributed by atoms with Crippen LogP contribution in [0.5, 0.6) is 0 Å². The van der Waals surface area contributed by atoms with Crippen LogP contribution in [0.1, 0.15) is 31.1 Å². The van der Waals surface area contributed by atoms with Crippen molar-refractivity contribution < 1.29 is 22.4 Å². The molecule has 2 aromatic rings. The zero-order chi connectivity index (χ0) is 18.2. The Labute approximate surface area is 143 Å². The van der Waals surface area contributed by atoms with Gasteiger partial charge in [-0.05, 0) is 38.0 Å². The van der Waals surface area contributed by atoms with Gasteiger partial charge in [-0.25, -0.2) is 0 Å². The monoisotopic (exact) mass is 352 g/mol. The van der Waals surface area contributed by atoms with Crippen molar-refractivity contribution in [3.05, 3.63) is 47.7 Å². The molecular formula is C18H19F3N2O2. The maximum atomic E-state index is 13.2. The molecule has 1 aromatic carbocycles. The summed E-state index contributed by atoms with van der Waals surface area (Å²) in [6.07, 6.45) is -2.65. The topological polar surface area (TPSA) is 59.5 Å². The van der Waals surface area contributed by atoms with Crippen molar-refractivity contribution in [3.8, 4) is 11.3 Å². The number of carbonyl (C=O) groups is 1. The van der Waals surface area contributed by atoms with Crippen molar-refractivity contribution in [2.24, 2.45) is 5.73 Å². The number of hydrogen-bond donors (Lipinski definition) is 1. The summed E-state index contributed by atoms with van der Waals surface area (Å²) in [5, 5.41) is 0. The van der Waals surface area contributed by atoms with Crippen LogP contribution in [0.25, 0.3) is 11.3 Å². The number of rotatable bonds is 5. The molecule has 0 radical (unpaired) electrons. The van der Waals surface area contributed by atoms with E-state index in [-0.39, 0.29) is 29.8 Å². The lowest BCUT2D eigenvalue weighted by atomic mass is 10.1. The first-order chi connectivity index (χ1) is 11.8. The van der Waals surface area contributed by atoms with Crippen LogP contribution < -0.4 is 5.73 Å². The molecule has 0 saturated heterocycles. The molecule has 1 aromatic heterocycles. The Morgan fingerprint density at radius 2 is 1.96 bits per heavy atom. The highest BCUT2D eigenvalue weighted by Gasteiger charge is 2.35. The van der Waals surface area contributed by atoms with Gasteiger partial charge in [0.25, 0.3) is 0 Å². The highest BCUT2D eigenvalue weighted by molar-refractivity contribution is 5.81. The first kappa shape index (κ1) is 17.5. The van der Waals surface area contributed by atoms with E-state index in [1.807, 2.05) is 0 Å². The number of hydrogen-bond acceptors (Lipinski definition) is 3. The minimum atomic E-state index is -4.46. The van der Waals surface area contributed by atoms with Gasteiger partial charge in [-0.15, -0.1) is 0 Å². The number of carbonyl (C=O) groups excluding carboxylic acids is 1. The van der Waals surface area contributed by atoms with Crippen LogP contribution in [-0.4, -0.2) is 22.9 Å². The molecule has 134 valence electrons. The lowest BCUT2D eigenvalue weighted by molar-refractivity contribution is -0.137. The molecule has 2 N–H and O–H groups in total. The Morgan fingerprint density at radius 3 is 2.56 bits per heavy atom. The maximum absolute atomic E-state index is 13.2. The van der Waals surface area contributed by atoms with Crippen LogP contribution in [0.2, 0.25) is 0 Å². The predicted octanol–water partition coefficient (Wildman–Crippen LogP) is 3.80. The lowest BCUT2D eigenvalue weighted by Crippen LogP contribution is -2.42. The second-order valence-corrected chi connectivity index (χ2v) is 6.30. The average molecular weight is 352 g/mol. The largest absolute Gasteiger partial charge is 0.459 e. The molecule has 7 heteroatoms. The standard InChI is InChI=1S/C18H19F3N2O2/c1-11(22)17(24)23(12-6-7-12)10-13-8-9-16(25-13)14-4-2-3-5-15(14)18(19,20)21/h2-5,8-9,11-12H,6-7,10,22H2,1H3/t11-/m0/s1. The molecule has 3 rings (SSSR count). The second kappa shape index (κ2) is 6.55. The first-order valence-corrected chi connectivity index (χ1v) is 8.08. The van der Waals surface area contributed by atoms with Gasteiger partial charge >= 0.3 is 6.18 Å². The van der Waals surface area contributed by atoms with Gasteiger partial charge < -0.3 is 15.1 Å². The molecule has 0 unspecified atom stereocenters. The molecule has 0 spiro atoms. The summed E-state index contributed by atoms with van der Waals surface area (Å²) < 4.78 is 45.1. The van der Waals surface area contributed by atoms with Gasteiger partial charge in [-0.3, -0.25) is 4.79 Å². The average Bonchev–Trinajstić information content (AvgIpc) is 3.29. The highest BCUT2D eigenvalue weighted by atomic mass is 19.4. The van der Waals surface area contributed by atoms with Crippen LogP contribution >= 0.6 is 0 Å². The summed E-state index contributed by atoms with van der Waals surface area (Å²) in [6, 6.07) is 7.88. The van der Waals surface area contributed by atoms with E-state index in [9.17, 15) is 18.0 Å². The molecule has 1 aliphatic rings. The Bertz CT molecular complexity index is 764. The first-order valence-electron chi connectivity index (χ1n) is 8.08. The third kappa shape index (κ3) is 3.87. The second-order valence-electron chi connectivity index (χ2n) is 6.30. The molecule has 1 fully saturated rings. The fraction of sp³-hybridized carbons (Fsp3) is 0.389. The van der Waals surface area contributed by atoms with E-state index in [4.69, 9.17) is 10.2 Å². The minimum Gasteiger partial charge on any atom is -0.459 e. The molecular weight excluding hydrogens is 333 g/mol. The fourth-order valence-corrected chi connectivity index (χ4v) is 2.76. The fourth-order valence-electron chi connectivity index (χ4n) is 2.76. The number of alkyl halides is 3. The van der Waals surface area contributed by atoms with Gasteiger partial charge in [0.15, 0.2) is 0 Å². The van der Waals surface area contributed by atoms with E-state index in [0.717, 1.165) is 18.9 Å². The summed E-state index contributed by atoms with van der Waals surface area (Å²) in [6.45, 7) is 1.82. The third-order valence-electron chi connectivity index (χ3n) is 4.15. The van der Waals surface area contributed by atoms with E-state index >= 15 is 0 Å². The number of furan rings is 1. The molecule has 1 amide bonds. The van der Waals surface area contributed by atoms with Crippen LogP contribution in [-0.2, 0) is 17.5 Å². The highest BCUT2D eigenvalue weighted by Crippen LogP contribution is 2.38. The van der Waals surface area contributed by atoms with Crippen molar-refractivity contribution in [1.82, 2.24) is 4.90 Å². The van der Waals surface area contributed by atoms with Crippen molar-refractivity contribution >= 4 is 5.91 Å². The summed E-state index contributed by atoms with van der Waals surface area (Å²) >= 11 is 0. The smallest absolute Gasteiger partial charge is 0.417 e. The van der Waals surface area contributed by atoms with Gasteiger partial charge in [0.2, 0.25) is 5.91 Å². The summed E-state index contributed by atoms with van der Waals surface area (Å²) in [5.74, 6) is 0.385. The molecule has 1 heterocycles. The van der Waals surface area contributed by atoms with Crippen LogP contribution in [0.15, 0.2) is 40.8 Å². The molecule has 4 nitrogen and oxygen atoms in total. The minimum absolute atomic E-state index is 0.0160. The number of nitrogens with two attached hydrogens (primary N) is 1. The lowest BCUT2D eigenvalue weighted by Gasteiger charge is -2.23. The molecule has 0 aliphatic heterocycles. The van der Waals surface area contributed by atoms with E-state index in [1.165, 1.54) is 24.3 Å². The van der Waals surface area contributed by atoms with Crippen molar-refractivity contribution in [2.75, 3.05) is 0 Å². The third-order valence-corrected chi connectivity index (χ3v) is 4.15. The zero-order valence-electron chi connectivity index (χ0n) is 13.7. The summed E-state index contributed by atoms with van der Waals surface area (Å²) in [7, 11) is 0. The van der Waals surface area contributed by atoms with Gasteiger partial charge in [0, 0.05) is 11.6 Å². The van der Waals surface area contributed by atoms with Crippen LogP contribution in [0, 0.1) is 0 Å². The van der Waals surface area contributed by atoms with Gasteiger partial charge in [-0.1, -0.05) is 18.2 Å². The molecule has 1 saturated carbocycles. The number of halogens is 3. The van der Waals surface area contributed by atoms with Crippen molar-refractivity contribution in [3.63, 3.8) is 0 Å². The van der Waals surface area contributed by atoms with Crippen LogP contribution in [0.4, 0.5) is 13.2 Å². The van der Waals surface area contributed by atoms with Crippen molar-refractivity contribution in [1.29, 1.82) is 0 Å². The van der Waals surface area contributed by atoms with E-state index in [2.05, 4.69) is 0 Å². The van der Waals surface area contributed by atoms with E-state index in [0.29, 0.717) is 5.76 Å². The quantitative estimate of drug-likeness (QED) is 0.890. The Morgan fingerprint density at radius 1 is 1.28 bits per heavy atom. The van der Waals surface area contributed by atoms with E-state index < -0.39 is 17.8 Å². The van der Waals surface area contributed by atoms with Crippen molar-refractivity contribution in [2.45, 2.75) is 44.6 Å². The molecule has 0 bridgehead atoms.